The summed E-state index contributed by atoms with van der Waals surface area (Å²) in [5.74, 6) is -0.514. The standard InChI is InChI=1S/C18H17ClN4O4S/c1-23(2)28(25,26)15-9-5-13(6-10-15)16-21-18(27-22-16)17(24)20-11-12-3-7-14(19)8-4-12/h3-10H,11H2,1-2H3,(H,20,24). The third-order valence-electron chi connectivity index (χ3n) is 3.88. The fraction of sp³-hybridized carbons (Fsp3) is 0.167. The molecule has 2 aromatic carbocycles. The van der Waals surface area contributed by atoms with E-state index in [1.54, 1.807) is 36.4 Å². The number of carbonyl (C=O) groups excluding carboxylic acids is 1. The number of hydrogen-bond acceptors (Lipinski definition) is 6. The highest BCUT2D eigenvalue weighted by Gasteiger charge is 2.19. The number of rotatable bonds is 6. The Kier molecular flexibility index (Phi) is 5.78. The van der Waals surface area contributed by atoms with Gasteiger partial charge in [-0.15, -0.1) is 0 Å². The topological polar surface area (TPSA) is 105 Å². The van der Waals surface area contributed by atoms with Gasteiger partial charge in [0.05, 0.1) is 4.90 Å². The number of hydrogen-bond donors (Lipinski definition) is 1. The van der Waals surface area contributed by atoms with Crippen molar-refractivity contribution >= 4 is 27.5 Å². The zero-order chi connectivity index (χ0) is 20.3. The molecule has 0 radical (unpaired) electrons. The van der Waals surface area contributed by atoms with Crippen molar-refractivity contribution in [1.82, 2.24) is 19.8 Å². The largest absolute Gasteiger partial charge is 0.344 e. The molecule has 0 saturated heterocycles. The lowest BCUT2D eigenvalue weighted by atomic mass is 10.2. The molecule has 1 aromatic heterocycles. The first-order valence-corrected chi connectivity index (χ1v) is 9.98. The summed E-state index contributed by atoms with van der Waals surface area (Å²) in [5.41, 5.74) is 1.40. The Morgan fingerprint density at radius 3 is 2.36 bits per heavy atom. The number of halogens is 1. The molecule has 3 aromatic rings. The third-order valence-corrected chi connectivity index (χ3v) is 5.96. The molecule has 10 heteroatoms. The van der Waals surface area contributed by atoms with E-state index < -0.39 is 15.9 Å². The number of nitrogens with zero attached hydrogens (tertiary/aromatic N) is 3. The van der Waals surface area contributed by atoms with E-state index in [1.807, 2.05) is 0 Å². The van der Waals surface area contributed by atoms with Crippen LogP contribution in [0.1, 0.15) is 16.2 Å². The van der Waals surface area contributed by atoms with Gasteiger partial charge in [-0.25, -0.2) is 12.7 Å². The smallest absolute Gasteiger partial charge is 0.316 e. The number of benzene rings is 2. The van der Waals surface area contributed by atoms with Gasteiger partial charge in [-0.1, -0.05) is 28.9 Å². The lowest BCUT2D eigenvalue weighted by Crippen LogP contribution is -2.23. The van der Waals surface area contributed by atoms with Crippen LogP contribution in [-0.4, -0.2) is 42.9 Å². The first-order valence-electron chi connectivity index (χ1n) is 8.16. The molecule has 1 heterocycles. The highest BCUT2D eigenvalue weighted by molar-refractivity contribution is 7.89. The van der Waals surface area contributed by atoms with Crippen molar-refractivity contribution in [3.05, 3.63) is 65.0 Å². The van der Waals surface area contributed by atoms with Crippen LogP contribution in [0, 0.1) is 0 Å². The summed E-state index contributed by atoms with van der Waals surface area (Å²) in [6, 6.07) is 13.0. The summed E-state index contributed by atoms with van der Waals surface area (Å²) in [6.07, 6.45) is 0. The highest BCUT2D eigenvalue weighted by atomic mass is 35.5. The van der Waals surface area contributed by atoms with Crippen molar-refractivity contribution in [2.24, 2.45) is 0 Å². The summed E-state index contributed by atoms with van der Waals surface area (Å²) in [4.78, 5) is 16.4. The van der Waals surface area contributed by atoms with Crippen molar-refractivity contribution in [2.75, 3.05) is 14.1 Å². The van der Waals surface area contributed by atoms with Crippen LogP contribution in [0.2, 0.25) is 5.02 Å². The van der Waals surface area contributed by atoms with E-state index in [-0.39, 0.29) is 23.2 Å². The normalized spacial score (nSPS) is 11.6. The molecule has 8 nitrogen and oxygen atoms in total. The lowest BCUT2D eigenvalue weighted by molar-refractivity contribution is 0.0907. The fourth-order valence-corrected chi connectivity index (χ4v) is 3.31. The van der Waals surface area contributed by atoms with Crippen LogP contribution in [-0.2, 0) is 16.6 Å². The van der Waals surface area contributed by atoms with E-state index in [9.17, 15) is 13.2 Å². The molecule has 1 N–H and O–H groups in total. The zero-order valence-electron chi connectivity index (χ0n) is 15.1. The van der Waals surface area contributed by atoms with Crippen molar-refractivity contribution in [1.29, 1.82) is 0 Å². The van der Waals surface area contributed by atoms with Gasteiger partial charge in [0, 0.05) is 31.2 Å². The van der Waals surface area contributed by atoms with Gasteiger partial charge in [-0.05, 0) is 42.0 Å². The zero-order valence-corrected chi connectivity index (χ0v) is 16.7. The maximum Gasteiger partial charge on any atom is 0.316 e. The van der Waals surface area contributed by atoms with Gasteiger partial charge in [-0.2, -0.15) is 4.98 Å². The van der Waals surface area contributed by atoms with E-state index in [2.05, 4.69) is 15.5 Å². The van der Waals surface area contributed by atoms with Gasteiger partial charge in [0.1, 0.15) is 0 Å². The van der Waals surface area contributed by atoms with Crippen LogP contribution in [0.25, 0.3) is 11.4 Å². The van der Waals surface area contributed by atoms with Crippen LogP contribution >= 0.6 is 11.6 Å². The molecule has 0 aliphatic heterocycles. The second-order valence-corrected chi connectivity index (χ2v) is 8.63. The molecule has 0 aliphatic carbocycles. The Labute approximate surface area is 167 Å². The summed E-state index contributed by atoms with van der Waals surface area (Å²) >= 11 is 5.82. The predicted octanol–water partition coefficient (Wildman–Crippen LogP) is 2.57. The second kappa shape index (κ2) is 8.09. The van der Waals surface area contributed by atoms with Gasteiger partial charge in [0.15, 0.2) is 0 Å². The first-order chi connectivity index (χ1) is 13.3. The minimum Gasteiger partial charge on any atom is -0.344 e. The molecule has 1 amide bonds. The lowest BCUT2D eigenvalue weighted by Gasteiger charge is -2.11. The van der Waals surface area contributed by atoms with Crippen LogP contribution in [0.3, 0.4) is 0 Å². The molecule has 3 rings (SSSR count). The molecule has 0 spiro atoms. The van der Waals surface area contributed by atoms with Crippen LogP contribution < -0.4 is 5.32 Å². The van der Waals surface area contributed by atoms with E-state index in [0.29, 0.717) is 10.6 Å². The number of carbonyl (C=O) groups is 1. The molecule has 0 fully saturated rings. The summed E-state index contributed by atoms with van der Waals surface area (Å²) < 4.78 is 30.3. The molecule has 0 saturated carbocycles. The first kappa shape index (κ1) is 20.0. The highest BCUT2D eigenvalue weighted by Crippen LogP contribution is 2.20. The predicted molar refractivity (Wildman–Crippen MR) is 103 cm³/mol. The van der Waals surface area contributed by atoms with E-state index in [4.69, 9.17) is 16.1 Å². The number of aromatic nitrogens is 2. The SMILES string of the molecule is CN(C)S(=O)(=O)c1ccc(-c2noc(C(=O)NCc3ccc(Cl)cc3)n2)cc1. The minimum absolute atomic E-state index is 0.144. The van der Waals surface area contributed by atoms with Crippen LogP contribution in [0.4, 0.5) is 0 Å². The van der Waals surface area contributed by atoms with Gasteiger partial charge < -0.3 is 9.84 Å². The Balaban J connectivity index is 1.69. The Hall–Kier alpha value is -2.75. The fourth-order valence-electron chi connectivity index (χ4n) is 2.28. The van der Waals surface area contributed by atoms with Crippen molar-refractivity contribution in [3.63, 3.8) is 0 Å². The Morgan fingerprint density at radius 2 is 1.75 bits per heavy atom. The molecule has 0 unspecified atom stereocenters. The monoisotopic (exact) mass is 420 g/mol. The van der Waals surface area contributed by atoms with E-state index >= 15 is 0 Å². The molecule has 0 atom stereocenters. The van der Waals surface area contributed by atoms with Crippen LogP contribution in [0.5, 0.6) is 0 Å². The molecule has 0 bridgehead atoms. The average molecular weight is 421 g/mol. The molecular weight excluding hydrogens is 404 g/mol. The van der Waals surface area contributed by atoms with Gasteiger partial charge >= 0.3 is 11.8 Å². The summed E-state index contributed by atoms with van der Waals surface area (Å²) in [5, 5.41) is 7.07. The number of amides is 1. The van der Waals surface area contributed by atoms with Crippen molar-refractivity contribution in [2.45, 2.75) is 11.4 Å². The molecular formula is C18H17ClN4O4S. The second-order valence-electron chi connectivity index (χ2n) is 6.04. The maximum atomic E-state index is 12.2. The maximum absolute atomic E-state index is 12.2. The Morgan fingerprint density at radius 1 is 1.11 bits per heavy atom. The molecule has 146 valence electrons. The molecule has 0 aliphatic rings. The number of nitrogens with one attached hydrogen (secondary N) is 1. The van der Waals surface area contributed by atoms with Crippen molar-refractivity contribution in [3.8, 4) is 11.4 Å². The van der Waals surface area contributed by atoms with Gasteiger partial charge in [-0.3, -0.25) is 4.79 Å². The van der Waals surface area contributed by atoms with Gasteiger partial charge in [0.25, 0.3) is 0 Å². The Bertz CT molecular complexity index is 1080. The third kappa shape index (κ3) is 4.38. The summed E-state index contributed by atoms with van der Waals surface area (Å²) in [6.45, 7) is 0.283. The minimum atomic E-state index is -3.52. The van der Waals surface area contributed by atoms with E-state index in [0.717, 1.165) is 9.87 Å². The van der Waals surface area contributed by atoms with E-state index in [1.165, 1.54) is 26.2 Å². The average Bonchev–Trinajstić information content (AvgIpc) is 3.17. The number of sulfonamides is 1. The quantitative estimate of drug-likeness (QED) is 0.657. The van der Waals surface area contributed by atoms with Crippen LogP contribution in [0.15, 0.2) is 57.9 Å². The van der Waals surface area contributed by atoms with Gasteiger partial charge in [0.2, 0.25) is 15.8 Å². The summed E-state index contributed by atoms with van der Waals surface area (Å²) in [7, 11) is -0.612. The van der Waals surface area contributed by atoms with Crippen molar-refractivity contribution < 1.29 is 17.7 Å². The molecule has 28 heavy (non-hydrogen) atoms.